The smallest absolute Gasteiger partial charge is 0.0451 e. The molecule has 0 aliphatic rings. The third-order valence-corrected chi connectivity index (χ3v) is 8.78. The first kappa shape index (κ1) is 19.8. The zero-order chi connectivity index (χ0) is 15.9. The van der Waals surface area contributed by atoms with Crippen LogP contribution in [0.15, 0.2) is 0 Å². The van der Waals surface area contributed by atoms with Gasteiger partial charge < -0.3 is 4.31 Å². The van der Waals surface area contributed by atoms with E-state index in [9.17, 15) is 0 Å². The van der Waals surface area contributed by atoms with E-state index in [1.54, 1.807) is 0 Å². The SMILES string of the molecule is CC(C)(C)P(OP(C(C)(C)C)C(C)(C)C)C(C)(C)C. The fraction of sp³-hybridized carbons (Fsp3) is 1.00. The molecule has 0 aliphatic carbocycles. The minimum absolute atomic E-state index is 0.227. The minimum atomic E-state index is -0.482. The summed E-state index contributed by atoms with van der Waals surface area (Å²) in [5.41, 5.74) is 0. The molecule has 0 saturated carbocycles. The van der Waals surface area contributed by atoms with Crippen molar-refractivity contribution in [1.82, 2.24) is 0 Å². The molecule has 0 saturated heterocycles. The lowest BCUT2D eigenvalue weighted by molar-refractivity contribution is 0.520. The normalized spacial score (nSPS) is 15.5. The number of hydrogen-bond acceptors (Lipinski definition) is 1. The van der Waals surface area contributed by atoms with Gasteiger partial charge in [0.25, 0.3) is 0 Å². The van der Waals surface area contributed by atoms with E-state index in [0.29, 0.717) is 0 Å². The Kier molecular flexibility index (Phi) is 6.16. The lowest BCUT2D eigenvalue weighted by Gasteiger charge is -2.48. The van der Waals surface area contributed by atoms with Crippen LogP contribution in [0.5, 0.6) is 0 Å². The first-order valence-corrected chi connectivity index (χ1v) is 9.78. The van der Waals surface area contributed by atoms with E-state index in [1.807, 2.05) is 0 Å². The van der Waals surface area contributed by atoms with Crippen LogP contribution in [0, 0.1) is 0 Å². The zero-order valence-electron chi connectivity index (χ0n) is 15.3. The van der Waals surface area contributed by atoms with Gasteiger partial charge in [0.2, 0.25) is 0 Å². The van der Waals surface area contributed by atoms with Crippen LogP contribution in [0.3, 0.4) is 0 Å². The molecule has 0 aliphatic heterocycles. The van der Waals surface area contributed by atoms with Crippen molar-refractivity contribution in [3.8, 4) is 0 Å². The average Bonchev–Trinajstić information content (AvgIpc) is 1.91. The van der Waals surface area contributed by atoms with Crippen molar-refractivity contribution in [3.05, 3.63) is 0 Å². The molecule has 0 aromatic rings. The van der Waals surface area contributed by atoms with Crippen LogP contribution < -0.4 is 0 Å². The summed E-state index contributed by atoms with van der Waals surface area (Å²) in [4.78, 5) is 0. The van der Waals surface area contributed by atoms with Crippen LogP contribution in [0.2, 0.25) is 0 Å². The standard InChI is InChI=1S/C16H36OP2/c1-13(2,3)18(14(4,5)6)17-19(15(7,8)9)16(10,11)12/h1-12H3. The average molecular weight is 306 g/mol. The van der Waals surface area contributed by atoms with Crippen molar-refractivity contribution >= 4 is 16.3 Å². The molecule has 0 unspecified atom stereocenters. The molecular formula is C16H36OP2. The molecule has 19 heavy (non-hydrogen) atoms. The van der Waals surface area contributed by atoms with E-state index in [4.69, 9.17) is 4.31 Å². The first-order valence-electron chi connectivity index (χ1n) is 7.26. The van der Waals surface area contributed by atoms with Gasteiger partial charge in [0.15, 0.2) is 0 Å². The van der Waals surface area contributed by atoms with Crippen molar-refractivity contribution in [2.75, 3.05) is 0 Å². The highest BCUT2D eigenvalue weighted by atomic mass is 31.2. The predicted molar refractivity (Wildman–Crippen MR) is 93.9 cm³/mol. The molecule has 0 aromatic heterocycles. The Balaban J connectivity index is 5.43. The Morgan fingerprint density at radius 3 is 0.684 bits per heavy atom. The molecular weight excluding hydrogens is 270 g/mol. The zero-order valence-corrected chi connectivity index (χ0v) is 17.1. The van der Waals surface area contributed by atoms with Crippen molar-refractivity contribution in [3.63, 3.8) is 0 Å². The summed E-state index contributed by atoms with van der Waals surface area (Å²) in [7, 11) is -0.964. The van der Waals surface area contributed by atoms with E-state index < -0.39 is 16.3 Å². The third kappa shape index (κ3) is 6.41. The van der Waals surface area contributed by atoms with Gasteiger partial charge in [0.05, 0.1) is 0 Å². The van der Waals surface area contributed by atoms with E-state index in [2.05, 4.69) is 83.1 Å². The van der Waals surface area contributed by atoms with Gasteiger partial charge in [-0.25, -0.2) is 0 Å². The molecule has 116 valence electrons. The Hall–Kier alpha value is 0.820. The number of hydrogen-bond donors (Lipinski definition) is 0. The Labute approximate surface area is 124 Å². The summed E-state index contributed by atoms with van der Waals surface area (Å²) < 4.78 is 6.84. The third-order valence-electron chi connectivity index (χ3n) is 2.60. The highest BCUT2D eigenvalue weighted by Crippen LogP contribution is 2.73. The lowest BCUT2D eigenvalue weighted by Crippen LogP contribution is -2.31. The monoisotopic (exact) mass is 306 g/mol. The fourth-order valence-electron chi connectivity index (χ4n) is 2.58. The highest BCUT2D eigenvalue weighted by molar-refractivity contribution is 7.68. The molecule has 1 nitrogen and oxygen atoms in total. The van der Waals surface area contributed by atoms with E-state index in [0.717, 1.165) is 0 Å². The molecule has 3 heteroatoms. The van der Waals surface area contributed by atoms with Crippen LogP contribution in [0.1, 0.15) is 83.1 Å². The summed E-state index contributed by atoms with van der Waals surface area (Å²) in [6.07, 6.45) is 0. The van der Waals surface area contributed by atoms with E-state index >= 15 is 0 Å². The van der Waals surface area contributed by atoms with Gasteiger partial charge in [0, 0.05) is 36.9 Å². The maximum atomic E-state index is 6.84. The van der Waals surface area contributed by atoms with Crippen molar-refractivity contribution in [2.45, 2.75) is 104 Å². The van der Waals surface area contributed by atoms with Crippen LogP contribution in [-0.4, -0.2) is 20.6 Å². The second-order valence-electron chi connectivity index (χ2n) is 9.35. The van der Waals surface area contributed by atoms with Crippen LogP contribution in [0.25, 0.3) is 0 Å². The first-order chi connectivity index (χ1) is 7.97. The Bertz CT molecular complexity index is 226. The highest BCUT2D eigenvalue weighted by Gasteiger charge is 2.44. The molecule has 0 atom stereocenters. The summed E-state index contributed by atoms with van der Waals surface area (Å²) in [6, 6.07) is 0. The van der Waals surface area contributed by atoms with Crippen molar-refractivity contribution in [1.29, 1.82) is 0 Å². The maximum Gasteiger partial charge on any atom is 0.0451 e. The Morgan fingerprint density at radius 2 is 0.579 bits per heavy atom. The molecule has 0 spiro atoms. The second-order valence-corrected chi connectivity index (χ2v) is 16.6. The largest absolute Gasteiger partial charge is 0.335 e. The van der Waals surface area contributed by atoms with Gasteiger partial charge in [-0.1, -0.05) is 83.1 Å². The van der Waals surface area contributed by atoms with E-state index in [-0.39, 0.29) is 20.6 Å². The van der Waals surface area contributed by atoms with Gasteiger partial charge in [-0.2, -0.15) is 0 Å². The van der Waals surface area contributed by atoms with Gasteiger partial charge in [-0.05, 0) is 0 Å². The molecule has 0 fully saturated rings. The van der Waals surface area contributed by atoms with Crippen LogP contribution in [-0.2, 0) is 4.31 Å². The minimum Gasteiger partial charge on any atom is -0.335 e. The number of rotatable bonds is 2. The van der Waals surface area contributed by atoms with Gasteiger partial charge in [0.1, 0.15) is 0 Å². The molecule has 0 N–H and O–H groups in total. The van der Waals surface area contributed by atoms with Crippen LogP contribution >= 0.6 is 16.3 Å². The topological polar surface area (TPSA) is 9.23 Å². The molecule has 0 bridgehead atoms. The van der Waals surface area contributed by atoms with Gasteiger partial charge in [-0.15, -0.1) is 0 Å². The molecule has 0 rings (SSSR count). The summed E-state index contributed by atoms with van der Waals surface area (Å²) in [6.45, 7) is 27.9. The van der Waals surface area contributed by atoms with Gasteiger partial charge in [-0.3, -0.25) is 0 Å². The predicted octanol–water partition coefficient (Wildman–Crippen LogP) is 6.99. The molecule has 0 heterocycles. The lowest BCUT2D eigenvalue weighted by atomic mass is 10.2. The van der Waals surface area contributed by atoms with Crippen molar-refractivity contribution in [2.24, 2.45) is 0 Å². The van der Waals surface area contributed by atoms with Gasteiger partial charge >= 0.3 is 0 Å². The van der Waals surface area contributed by atoms with Crippen LogP contribution in [0.4, 0.5) is 0 Å². The molecule has 0 radical (unpaired) electrons. The summed E-state index contributed by atoms with van der Waals surface area (Å²) in [5.74, 6) is 0. The Morgan fingerprint density at radius 1 is 0.421 bits per heavy atom. The fourth-order valence-corrected chi connectivity index (χ4v) is 11.2. The second kappa shape index (κ2) is 5.90. The summed E-state index contributed by atoms with van der Waals surface area (Å²) >= 11 is 0. The van der Waals surface area contributed by atoms with Crippen molar-refractivity contribution < 1.29 is 4.31 Å². The van der Waals surface area contributed by atoms with E-state index in [1.165, 1.54) is 0 Å². The molecule has 0 aromatic carbocycles. The summed E-state index contributed by atoms with van der Waals surface area (Å²) in [5, 5.41) is 0.907. The maximum absolute atomic E-state index is 6.84. The molecule has 0 amide bonds. The quantitative estimate of drug-likeness (QED) is 0.499.